The number of benzene rings is 1. The van der Waals surface area contributed by atoms with E-state index in [-0.39, 0.29) is 12.0 Å². The summed E-state index contributed by atoms with van der Waals surface area (Å²) < 4.78 is 9.25. The first kappa shape index (κ1) is 23.8. The van der Waals surface area contributed by atoms with E-state index >= 15 is 0 Å². The van der Waals surface area contributed by atoms with Gasteiger partial charge in [-0.3, -0.25) is 4.98 Å². The van der Waals surface area contributed by atoms with Crippen LogP contribution in [0.4, 0.5) is 0 Å². The lowest BCUT2D eigenvalue weighted by molar-refractivity contribution is 0.306. The Morgan fingerprint density at radius 1 is 1.14 bits per heavy atom. The molecule has 0 saturated carbocycles. The Balaban J connectivity index is 1.45. The summed E-state index contributed by atoms with van der Waals surface area (Å²) in [5, 5.41) is 3.66. The maximum atomic E-state index is 6.58. The summed E-state index contributed by atoms with van der Waals surface area (Å²) in [6.45, 7) is 8.75. The number of fused-ring (bicyclic) bond motifs is 1. The molecule has 0 fully saturated rings. The second-order valence-corrected chi connectivity index (χ2v) is 11.7. The number of hydrogen-bond acceptors (Lipinski definition) is 7. The zero-order valence-corrected chi connectivity index (χ0v) is 22.2. The number of rotatable bonds is 6. The van der Waals surface area contributed by atoms with Crippen LogP contribution in [-0.2, 0) is 12.0 Å². The van der Waals surface area contributed by atoms with E-state index in [0.717, 1.165) is 42.8 Å². The zero-order valence-electron chi connectivity index (χ0n) is 19.8. The molecule has 0 aliphatic carbocycles. The predicted molar refractivity (Wildman–Crippen MR) is 142 cm³/mol. The minimum atomic E-state index is 0.00287. The predicted octanol–water partition coefficient (Wildman–Crippen LogP) is 7.26. The van der Waals surface area contributed by atoms with Crippen molar-refractivity contribution in [1.29, 1.82) is 0 Å². The number of para-hydroxylation sites is 1. The van der Waals surface area contributed by atoms with Crippen LogP contribution in [0, 0.1) is 6.92 Å². The summed E-state index contributed by atoms with van der Waals surface area (Å²) in [5.74, 6) is 0.695. The molecule has 35 heavy (non-hydrogen) atoms. The van der Waals surface area contributed by atoms with Crippen molar-refractivity contribution in [2.24, 2.45) is 0 Å². The molecule has 0 unspecified atom stereocenters. The highest BCUT2D eigenvalue weighted by molar-refractivity contribution is 8.01. The van der Waals surface area contributed by atoms with Gasteiger partial charge in [-0.25, -0.2) is 15.0 Å². The van der Waals surface area contributed by atoms with Crippen LogP contribution in [0.1, 0.15) is 37.7 Å². The highest BCUT2D eigenvalue weighted by atomic mass is 35.5. The lowest BCUT2D eigenvalue weighted by Gasteiger charge is -2.15. The fraction of sp³-hybridized carbons (Fsp3) is 0.231. The fourth-order valence-electron chi connectivity index (χ4n) is 3.62. The van der Waals surface area contributed by atoms with Gasteiger partial charge in [0.05, 0.1) is 22.7 Å². The fourth-order valence-corrected chi connectivity index (χ4v) is 6.01. The monoisotopic (exact) mass is 521 g/mol. The maximum Gasteiger partial charge on any atom is 0.154 e. The molecule has 5 aromatic rings. The number of thiazole rings is 1. The number of nitrogens with zero attached hydrogens (tertiary/aromatic N) is 5. The molecule has 5 rings (SSSR count). The van der Waals surface area contributed by atoms with Crippen molar-refractivity contribution in [3.05, 3.63) is 82.7 Å². The smallest absolute Gasteiger partial charge is 0.154 e. The van der Waals surface area contributed by atoms with Crippen LogP contribution < -0.4 is 4.74 Å². The van der Waals surface area contributed by atoms with Gasteiger partial charge in [0.1, 0.15) is 17.9 Å². The lowest BCUT2D eigenvalue weighted by Crippen LogP contribution is -2.11. The standard InChI is InChI=1S/C26H24ClN5OS2/c1-16-10-20(32-9-8-28-15-32)17-6-5-7-21(24(17)30-16)33-13-18-19(27)11-29-12-22(18)35-25-31-23(14-34-25)26(2,3)4/h5-12,14-15H,13H2,1-4H3. The van der Waals surface area contributed by atoms with Crippen molar-refractivity contribution in [2.45, 2.75) is 49.0 Å². The molecule has 0 N–H and O–H groups in total. The minimum absolute atomic E-state index is 0.00287. The number of hydrogen-bond donors (Lipinski definition) is 0. The van der Waals surface area contributed by atoms with Gasteiger partial charge in [-0.05, 0) is 19.1 Å². The van der Waals surface area contributed by atoms with Gasteiger partial charge in [0, 0.05) is 57.1 Å². The average molecular weight is 522 g/mol. The Hall–Kier alpha value is -2.94. The maximum absolute atomic E-state index is 6.58. The molecule has 1 aromatic carbocycles. The highest BCUT2D eigenvalue weighted by Gasteiger charge is 2.19. The quantitative estimate of drug-likeness (QED) is 0.234. The molecule has 0 radical (unpaired) electrons. The number of aryl methyl sites for hydroxylation is 1. The summed E-state index contributed by atoms with van der Waals surface area (Å²) in [7, 11) is 0. The molecule has 0 bridgehead atoms. The van der Waals surface area contributed by atoms with Gasteiger partial charge < -0.3 is 9.30 Å². The SMILES string of the molecule is Cc1cc(-n2ccnc2)c2cccc(OCc3c(Cl)cncc3Sc3nc(C(C)(C)C)cs3)c2n1. The average Bonchev–Trinajstić information content (AvgIpc) is 3.51. The van der Waals surface area contributed by atoms with Crippen molar-refractivity contribution >= 4 is 45.6 Å². The van der Waals surface area contributed by atoms with Crippen LogP contribution in [0.25, 0.3) is 16.6 Å². The molecule has 4 heterocycles. The van der Waals surface area contributed by atoms with Crippen molar-refractivity contribution in [1.82, 2.24) is 24.5 Å². The summed E-state index contributed by atoms with van der Waals surface area (Å²) in [5.41, 5.74) is 4.65. The normalized spacial score (nSPS) is 11.8. The molecule has 4 aromatic heterocycles. The Morgan fingerprint density at radius 2 is 2.00 bits per heavy atom. The first-order valence-corrected chi connectivity index (χ1v) is 13.1. The molecule has 0 saturated heterocycles. The molecular weight excluding hydrogens is 498 g/mol. The number of imidazole rings is 1. The lowest BCUT2D eigenvalue weighted by atomic mass is 9.93. The van der Waals surface area contributed by atoms with Crippen LogP contribution in [0.15, 0.2) is 70.0 Å². The molecule has 0 aliphatic rings. The van der Waals surface area contributed by atoms with Crippen molar-refractivity contribution in [3.63, 3.8) is 0 Å². The molecule has 6 nitrogen and oxygen atoms in total. The van der Waals surface area contributed by atoms with E-state index in [1.165, 1.54) is 0 Å². The third-order valence-electron chi connectivity index (χ3n) is 5.48. The summed E-state index contributed by atoms with van der Waals surface area (Å²) in [4.78, 5) is 19.0. The first-order chi connectivity index (χ1) is 16.8. The largest absolute Gasteiger partial charge is 0.487 e. The van der Waals surface area contributed by atoms with Crippen molar-refractivity contribution in [3.8, 4) is 11.4 Å². The third-order valence-corrected chi connectivity index (χ3v) is 7.81. The summed E-state index contributed by atoms with van der Waals surface area (Å²) >= 11 is 9.77. The molecule has 178 valence electrons. The van der Waals surface area contributed by atoms with E-state index < -0.39 is 0 Å². The topological polar surface area (TPSA) is 65.7 Å². The Labute approximate surface area is 217 Å². The van der Waals surface area contributed by atoms with Crippen LogP contribution in [0.2, 0.25) is 5.02 Å². The first-order valence-electron chi connectivity index (χ1n) is 11.1. The van der Waals surface area contributed by atoms with E-state index in [9.17, 15) is 0 Å². The highest BCUT2D eigenvalue weighted by Crippen LogP contribution is 2.38. The van der Waals surface area contributed by atoms with E-state index in [2.05, 4.69) is 36.1 Å². The van der Waals surface area contributed by atoms with Gasteiger partial charge in [-0.2, -0.15) is 0 Å². The molecule has 0 spiro atoms. The molecule has 0 atom stereocenters. The van der Waals surface area contributed by atoms with Gasteiger partial charge in [-0.1, -0.05) is 56.3 Å². The Morgan fingerprint density at radius 3 is 2.74 bits per heavy atom. The van der Waals surface area contributed by atoms with Crippen molar-refractivity contribution in [2.75, 3.05) is 0 Å². The van der Waals surface area contributed by atoms with E-state index in [4.69, 9.17) is 26.3 Å². The van der Waals surface area contributed by atoms with Crippen LogP contribution in [-0.4, -0.2) is 24.5 Å². The summed E-state index contributed by atoms with van der Waals surface area (Å²) in [6, 6.07) is 8.00. The second kappa shape index (κ2) is 9.60. The van der Waals surface area contributed by atoms with Gasteiger partial charge in [0.15, 0.2) is 4.34 Å². The van der Waals surface area contributed by atoms with Crippen molar-refractivity contribution < 1.29 is 4.74 Å². The zero-order chi connectivity index (χ0) is 24.6. The van der Waals surface area contributed by atoms with E-state index in [1.807, 2.05) is 48.1 Å². The number of pyridine rings is 2. The number of halogens is 1. The van der Waals surface area contributed by atoms with E-state index in [1.54, 1.807) is 41.8 Å². The van der Waals surface area contributed by atoms with Crippen LogP contribution in [0.5, 0.6) is 5.75 Å². The molecule has 9 heteroatoms. The Bertz CT molecular complexity index is 1490. The van der Waals surface area contributed by atoms with Crippen LogP contribution in [0.3, 0.4) is 0 Å². The number of ether oxygens (including phenoxy) is 1. The van der Waals surface area contributed by atoms with E-state index in [0.29, 0.717) is 10.8 Å². The van der Waals surface area contributed by atoms with Gasteiger partial charge in [0.25, 0.3) is 0 Å². The molecular formula is C26H24ClN5OS2. The molecule has 0 amide bonds. The van der Waals surface area contributed by atoms with Gasteiger partial charge >= 0.3 is 0 Å². The van der Waals surface area contributed by atoms with Gasteiger partial charge in [-0.15, -0.1) is 11.3 Å². The molecule has 0 aliphatic heterocycles. The number of aromatic nitrogens is 5. The third kappa shape index (κ3) is 5.05. The summed E-state index contributed by atoms with van der Waals surface area (Å²) in [6.07, 6.45) is 8.93. The minimum Gasteiger partial charge on any atom is -0.487 e. The second-order valence-electron chi connectivity index (χ2n) is 9.14. The Kier molecular flexibility index (Phi) is 6.53. The van der Waals surface area contributed by atoms with Crippen LogP contribution >= 0.6 is 34.7 Å². The van der Waals surface area contributed by atoms with Gasteiger partial charge in [0.2, 0.25) is 0 Å².